The first-order chi connectivity index (χ1) is 9.19. The van der Waals surface area contributed by atoms with Crippen molar-refractivity contribution < 1.29 is 10.2 Å². The Bertz CT molecular complexity index is 337. The maximum atomic E-state index is 9.97. The molecular formula is C16H27NO2. The number of likely N-dealkylation sites (N-methyl/N-ethyl adjacent to an activating group) is 1. The van der Waals surface area contributed by atoms with Crippen LogP contribution in [0.5, 0.6) is 0 Å². The SMILES string of the molecule is CCCCCCc1ccc(C(O)C(O)CNC)cc1. The Morgan fingerprint density at radius 2 is 1.74 bits per heavy atom. The van der Waals surface area contributed by atoms with Crippen molar-refractivity contribution in [2.24, 2.45) is 0 Å². The predicted molar refractivity (Wildman–Crippen MR) is 79.2 cm³/mol. The molecule has 0 aliphatic heterocycles. The zero-order valence-electron chi connectivity index (χ0n) is 12.1. The van der Waals surface area contributed by atoms with Gasteiger partial charge >= 0.3 is 0 Å². The van der Waals surface area contributed by atoms with Crippen LogP contribution in [0.15, 0.2) is 24.3 Å². The van der Waals surface area contributed by atoms with E-state index in [1.807, 2.05) is 12.1 Å². The molecule has 0 saturated carbocycles. The van der Waals surface area contributed by atoms with Gasteiger partial charge in [-0.2, -0.15) is 0 Å². The summed E-state index contributed by atoms with van der Waals surface area (Å²) in [6, 6.07) is 7.94. The van der Waals surface area contributed by atoms with Crippen LogP contribution in [0.25, 0.3) is 0 Å². The van der Waals surface area contributed by atoms with Gasteiger partial charge < -0.3 is 15.5 Å². The van der Waals surface area contributed by atoms with Gasteiger partial charge in [0.2, 0.25) is 0 Å². The lowest BCUT2D eigenvalue weighted by molar-refractivity contribution is 0.0202. The van der Waals surface area contributed by atoms with Gasteiger partial charge in [-0.25, -0.2) is 0 Å². The molecule has 1 rings (SSSR count). The first kappa shape index (κ1) is 16.2. The largest absolute Gasteiger partial charge is 0.389 e. The molecule has 0 aromatic heterocycles. The number of hydrogen-bond acceptors (Lipinski definition) is 3. The second-order valence-corrected chi connectivity index (χ2v) is 5.12. The average Bonchev–Trinajstić information content (AvgIpc) is 2.44. The lowest BCUT2D eigenvalue weighted by Gasteiger charge is -2.18. The highest BCUT2D eigenvalue weighted by Crippen LogP contribution is 2.18. The van der Waals surface area contributed by atoms with Crippen LogP contribution in [0.1, 0.15) is 49.8 Å². The molecule has 0 aliphatic rings. The normalized spacial score (nSPS) is 14.3. The molecule has 0 spiro atoms. The Labute approximate surface area is 116 Å². The van der Waals surface area contributed by atoms with Gasteiger partial charge in [-0.05, 0) is 31.0 Å². The molecule has 3 N–H and O–H groups in total. The van der Waals surface area contributed by atoms with Crippen LogP contribution in [0.3, 0.4) is 0 Å². The molecule has 1 aromatic carbocycles. The van der Waals surface area contributed by atoms with E-state index in [0.717, 1.165) is 12.0 Å². The third kappa shape index (κ3) is 5.72. The van der Waals surface area contributed by atoms with Crippen molar-refractivity contribution in [3.05, 3.63) is 35.4 Å². The van der Waals surface area contributed by atoms with Crippen molar-refractivity contribution in [2.75, 3.05) is 13.6 Å². The fraction of sp³-hybridized carbons (Fsp3) is 0.625. The summed E-state index contributed by atoms with van der Waals surface area (Å²) >= 11 is 0. The minimum Gasteiger partial charge on any atom is -0.389 e. The second kappa shape index (κ2) is 9.08. The third-order valence-electron chi connectivity index (χ3n) is 3.42. The number of benzene rings is 1. The van der Waals surface area contributed by atoms with Gasteiger partial charge in [-0.15, -0.1) is 0 Å². The molecule has 0 bridgehead atoms. The van der Waals surface area contributed by atoms with Gasteiger partial charge in [0.15, 0.2) is 0 Å². The molecular weight excluding hydrogens is 238 g/mol. The van der Waals surface area contributed by atoms with Crippen molar-refractivity contribution in [3.63, 3.8) is 0 Å². The van der Waals surface area contributed by atoms with Crippen LogP contribution >= 0.6 is 0 Å². The number of aryl methyl sites for hydroxylation is 1. The molecule has 0 amide bonds. The molecule has 1 aromatic rings. The number of aliphatic hydroxyl groups excluding tert-OH is 2. The van der Waals surface area contributed by atoms with Crippen molar-refractivity contribution >= 4 is 0 Å². The molecule has 3 nitrogen and oxygen atoms in total. The van der Waals surface area contributed by atoms with Crippen molar-refractivity contribution in [1.82, 2.24) is 5.32 Å². The first-order valence-electron chi connectivity index (χ1n) is 7.28. The van der Waals surface area contributed by atoms with Crippen LogP contribution in [0.2, 0.25) is 0 Å². The third-order valence-corrected chi connectivity index (χ3v) is 3.42. The Kier molecular flexibility index (Phi) is 7.72. The number of hydrogen-bond donors (Lipinski definition) is 3. The zero-order chi connectivity index (χ0) is 14.1. The standard InChI is InChI=1S/C16H27NO2/c1-3-4-5-6-7-13-8-10-14(11-9-13)16(19)15(18)12-17-2/h8-11,15-19H,3-7,12H2,1-2H3. The molecule has 2 unspecified atom stereocenters. The molecule has 0 fully saturated rings. The van der Waals surface area contributed by atoms with E-state index in [9.17, 15) is 10.2 Å². The Morgan fingerprint density at radius 3 is 2.32 bits per heavy atom. The molecule has 0 saturated heterocycles. The number of aliphatic hydroxyl groups is 2. The molecule has 3 heteroatoms. The van der Waals surface area contributed by atoms with Crippen molar-refractivity contribution in [3.8, 4) is 0 Å². The maximum absolute atomic E-state index is 9.97. The quantitative estimate of drug-likeness (QED) is 0.601. The minimum absolute atomic E-state index is 0.389. The van der Waals surface area contributed by atoms with Crippen molar-refractivity contribution in [2.45, 2.75) is 51.2 Å². The smallest absolute Gasteiger partial charge is 0.106 e. The monoisotopic (exact) mass is 265 g/mol. The number of unbranched alkanes of at least 4 members (excludes halogenated alkanes) is 3. The molecule has 19 heavy (non-hydrogen) atoms. The van der Waals surface area contributed by atoms with Crippen LogP contribution in [0.4, 0.5) is 0 Å². The Balaban J connectivity index is 2.46. The summed E-state index contributed by atoms with van der Waals surface area (Å²) in [4.78, 5) is 0. The van der Waals surface area contributed by atoms with Crippen molar-refractivity contribution in [1.29, 1.82) is 0 Å². The van der Waals surface area contributed by atoms with Crippen LogP contribution in [-0.2, 0) is 6.42 Å². The van der Waals surface area contributed by atoms with Crippen LogP contribution < -0.4 is 5.32 Å². The lowest BCUT2D eigenvalue weighted by atomic mass is 10.0. The van der Waals surface area contributed by atoms with Crippen LogP contribution in [0, 0.1) is 0 Å². The maximum Gasteiger partial charge on any atom is 0.106 e. The number of nitrogens with one attached hydrogen (secondary N) is 1. The average molecular weight is 265 g/mol. The van der Waals surface area contributed by atoms with E-state index in [4.69, 9.17) is 0 Å². The van der Waals surface area contributed by atoms with E-state index in [2.05, 4.69) is 24.4 Å². The Hall–Kier alpha value is -0.900. The molecule has 108 valence electrons. The van der Waals surface area contributed by atoms with Gasteiger partial charge in [0.25, 0.3) is 0 Å². The van der Waals surface area contributed by atoms with Gasteiger partial charge in [0.1, 0.15) is 6.10 Å². The molecule has 0 aliphatic carbocycles. The topological polar surface area (TPSA) is 52.5 Å². The van der Waals surface area contributed by atoms with E-state index in [1.54, 1.807) is 7.05 Å². The van der Waals surface area contributed by atoms with Gasteiger partial charge in [0.05, 0.1) is 6.10 Å². The first-order valence-corrected chi connectivity index (χ1v) is 7.28. The van der Waals surface area contributed by atoms with E-state index >= 15 is 0 Å². The molecule has 2 atom stereocenters. The molecule has 0 heterocycles. The highest BCUT2D eigenvalue weighted by molar-refractivity contribution is 5.25. The lowest BCUT2D eigenvalue weighted by Crippen LogP contribution is -2.29. The van der Waals surface area contributed by atoms with Crippen LogP contribution in [-0.4, -0.2) is 29.9 Å². The molecule has 0 radical (unpaired) electrons. The summed E-state index contributed by atoms with van der Waals surface area (Å²) in [6.45, 7) is 2.60. The summed E-state index contributed by atoms with van der Waals surface area (Å²) in [6.07, 6.45) is 4.57. The van der Waals surface area contributed by atoms with Gasteiger partial charge in [-0.3, -0.25) is 0 Å². The number of rotatable bonds is 9. The Morgan fingerprint density at radius 1 is 1.05 bits per heavy atom. The van der Waals surface area contributed by atoms with E-state index in [0.29, 0.717) is 6.54 Å². The van der Waals surface area contributed by atoms with Gasteiger partial charge in [0, 0.05) is 6.54 Å². The summed E-state index contributed by atoms with van der Waals surface area (Å²) < 4.78 is 0. The van der Waals surface area contributed by atoms with E-state index in [1.165, 1.54) is 31.2 Å². The van der Waals surface area contributed by atoms with Gasteiger partial charge in [-0.1, -0.05) is 50.5 Å². The minimum atomic E-state index is -0.818. The zero-order valence-corrected chi connectivity index (χ0v) is 12.1. The highest BCUT2D eigenvalue weighted by atomic mass is 16.3. The fourth-order valence-corrected chi connectivity index (χ4v) is 2.18. The second-order valence-electron chi connectivity index (χ2n) is 5.12. The predicted octanol–water partition coefficient (Wildman–Crippen LogP) is 2.42. The summed E-state index contributed by atoms with van der Waals surface area (Å²) in [5, 5.41) is 22.6. The summed E-state index contributed by atoms with van der Waals surface area (Å²) in [5.74, 6) is 0. The van der Waals surface area contributed by atoms with E-state index < -0.39 is 12.2 Å². The summed E-state index contributed by atoms with van der Waals surface area (Å²) in [7, 11) is 1.76. The highest BCUT2D eigenvalue weighted by Gasteiger charge is 2.17. The van der Waals surface area contributed by atoms with E-state index in [-0.39, 0.29) is 0 Å². The summed E-state index contributed by atoms with van der Waals surface area (Å²) in [5.41, 5.74) is 2.08. The fourth-order valence-electron chi connectivity index (χ4n) is 2.18.